The van der Waals surface area contributed by atoms with Gasteiger partial charge in [-0.05, 0) is 23.4 Å². The molecule has 7 heteroatoms. The number of fused-ring (bicyclic) bond motifs is 1. The number of pyridine rings is 1. The summed E-state index contributed by atoms with van der Waals surface area (Å²) < 4.78 is 1.45. The van der Waals surface area contributed by atoms with E-state index in [4.69, 9.17) is 10.0 Å². The Labute approximate surface area is 74.0 Å². The lowest BCUT2D eigenvalue weighted by Crippen LogP contribution is -2.33. The normalized spacial score (nSPS) is 10.7. The second kappa shape index (κ2) is 2.79. The van der Waals surface area contributed by atoms with E-state index in [0.29, 0.717) is 16.8 Å². The van der Waals surface area contributed by atoms with Crippen molar-refractivity contribution < 1.29 is 10.0 Å². The van der Waals surface area contributed by atoms with Crippen LogP contribution in [0, 0.1) is 6.92 Å². The van der Waals surface area contributed by atoms with Gasteiger partial charge in [0.15, 0.2) is 5.65 Å². The summed E-state index contributed by atoms with van der Waals surface area (Å²) in [5.74, 6) is 0. The van der Waals surface area contributed by atoms with Gasteiger partial charge in [-0.2, -0.15) is 4.52 Å². The van der Waals surface area contributed by atoms with E-state index in [0.717, 1.165) is 0 Å². The second-order valence-electron chi connectivity index (χ2n) is 2.70. The summed E-state index contributed by atoms with van der Waals surface area (Å²) in [6, 6.07) is 3.22. The molecule has 0 saturated heterocycles. The third kappa shape index (κ3) is 1.18. The number of aromatic nitrogens is 4. The Morgan fingerprint density at radius 1 is 1.38 bits per heavy atom. The molecule has 2 aromatic heterocycles. The molecule has 0 atom stereocenters. The highest BCUT2D eigenvalue weighted by Gasteiger charge is 2.16. The van der Waals surface area contributed by atoms with Gasteiger partial charge in [0, 0.05) is 11.2 Å². The summed E-state index contributed by atoms with van der Waals surface area (Å²) in [6.45, 7) is 1.72. The Balaban J connectivity index is 2.73. The lowest BCUT2D eigenvalue weighted by atomic mass is 9.79. The quantitative estimate of drug-likeness (QED) is 0.499. The van der Waals surface area contributed by atoms with Crippen molar-refractivity contribution in [1.82, 2.24) is 20.0 Å². The highest BCUT2D eigenvalue weighted by atomic mass is 16.4. The van der Waals surface area contributed by atoms with Gasteiger partial charge in [0.1, 0.15) is 0 Å². The van der Waals surface area contributed by atoms with Gasteiger partial charge >= 0.3 is 7.12 Å². The van der Waals surface area contributed by atoms with Gasteiger partial charge < -0.3 is 10.0 Å². The van der Waals surface area contributed by atoms with Crippen LogP contribution in [0.4, 0.5) is 0 Å². The molecule has 0 saturated carbocycles. The van der Waals surface area contributed by atoms with Gasteiger partial charge in [-0.25, -0.2) is 0 Å². The highest BCUT2D eigenvalue weighted by molar-refractivity contribution is 6.59. The molecule has 0 spiro atoms. The average molecular weight is 178 g/mol. The SMILES string of the molecule is Cc1c(B(O)O)ccc2nnnn12. The predicted molar refractivity (Wildman–Crippen MR) is 45.3 cm³/mol. The van der Waals surface area contributed by atoms with Crippen LogP contribution in [0.1, 0.15) is 5.69 Å². The fourth-order valence-electron chi connectivity index (χ4n) is 1.22. The van der Waals surface area contributed by atoms with E-state index in [1.807, 2.05) is 0 Å². The van der Waals surface area contributed by atoms with E-state index in [1.165, 1.54) is 4.52 Å². The fourth-order valence-corrected chi connectivity index (χ4v) is 1.22. The molecule has 0 radical (unpaired) electrons. The number of hydrogen-bond acceptors (Lipinski definition) is 5. The molecule has 0 amide bonds. The molecule has 2 rings (SSSR count). The number of nitrogens with zero attached hydrogens (tertiary/aromatic N) is 4. The van der Waals surface area contributed by atoms with Crippen molar-refractivity contribution in [2.45, 2.75) is 6.92 Å². The van der Waals surface area contributed by atoms with Gasteiger partial charge in [-0.1, -0.05) is 6.07 Å². The molecular weight excluding hydrogens is 171 g/mol. The molecule has 13 heavy (non-hydrogen) atoms. The summed E-state index contributed by atoms with van der Waals surface area (Å²) >= 11 is 0. The Morgan fingerprint density at radius 2 is 2.15 bits per heavy atom. The Hall–Kier alpha value is -1.47. The van der Waals surface area contributed by atoms with Crippen LogP contribution in [0.25, 0.3) is 5.65 Å². The van der Waals surface area contributed by atoms with Crippen molar-refractivity contribution in [3.8, 4) is 0 Å². The van der Waals surface area contributed by atoms with E-state index in [9.17, 15) is 0 Å². The maximum absolute atomic E-state index is 8.98. The molecule has 66 valence electrons. The number of aryl methyl sites for hydroxylation is 1. The molecule has 2 heterocycles. The first-order chi connectivity index (χ1) is 6.20. The summed E-state index contributed by atoms with van der Waals surface area (Å²) in [6.07, 6.45) is 0. The minimum absolute atomic E-state index is 0.403. The zero-order valence-electron chi connectivity index (χ0n) is 6.92. The number of hydrogen-bond donors (Lipinski definition) is 2. The van der Waals surface area contributed by atoms with Crippen LogP contribution in [0.5, 0.6) is 0 Å². The molecule has 0 aliphatic carbocycles. The van der Waals surface area contributed by atoms with Crippen molar-refractivity contribution >= 4 is 18.2 Å². The van der Waals surface area contributed by atoms with Crippen molar-refractivity contribution in [3.63, 3.8) is 0 Å². The molecule has 6 nitrogen and oxygen atoms in total. The van der Waals surface area contributed by atoms with E-state index >= 15 is 0 Å². The minimum atomic E-state index is -1.49. The first-order valence-corrected chi connectivity index (χ1v) is 3.74. The smallest absolute Gasteiger partial charge is 0.423 e. The zero-order chi connectivity index (χ0) is 9.42. The Kier molecular flexibility index (Phi) is 1.75. The molecule has 0 aliphatic heterocycles. The maximum atomic E-state index is 8.98. The van der Waals surface area contributed by atoms with Gasteiger partial charge in [0.25, 0.3) is 0 Å². The van der Waals surface area contributed by atoms with Crippen LogP contribution >= 0.6 is 0 Å². The van der Waals surface area contributed by atoms with Crippen LogP contribution in [0.2, 0.25) is 0 Å². The lowest BCUT2D eigenvalue weighted by molar-refractivity contribution is 0.425. The molecule has 2 aromatic rings. The third-order valence-corrected chi connectivity index (χ3v) is 1.92. The first kappa shape index (κ1) is 8.15. The van der Waals surface area contributed by atoms with E-state index < -0.39 is 7.12 Å². The molecule has 0 fully saturated rings. The first-order valence-electron chi connectivity index (χ1n) is 3.74. The van der Waals surface area contributed by atoms with Crippen molar-refractivity contribution in [2.24, 2.45) is 0 Å². The predicted octanol–water partition coefficient (Wildman–Crippen LogP) is -1.89. The van der Waals surface area contributed by atoms with Crippen molar-refractivity contribution in [1.29, 1.82) is 0 Å². The van der Waals surface area contributed by atoms with Gasteiger partial charge in [-0.3, -0.25) is 0 Å². The number of rotatable bonds is 1. The largest absolute Gasteiger partial charge is 0.490 e. The monoisotopic (exact) mass is 178 g/mol. The van der Waals surface area contributed by atoms with Crippen LogP contribution < -0.4 is 5.46 Å². The van der Waals surface area contributed by atoms with E-state index in [1.54, 1.807) is 19.1 Å². The molecule has 0 aromatic carbocycles. The summed E-state index contributed by atoms with van der Waals surface area (Å²) in [5, 5.41) is 28.8. The van der Waals surface area contributed by atoms with Gasteiger partial charge in [0.2, 0.25) is 0 Å². The van der Waals surface area contributed by atoms with Crippen molar-refractivity contribution in [3.05, 3.63) is 17.8 Å². The molecule has 2 N–H and O–H groups in total. The average Bonchev–Trinajstić information content (AvgIpc) is 2.52. The summed E-state index contributed by atoms with van der Waals surface area (Å²) in [4.78, 5) is 0. The summed E-state index contributed by atoms with van der Waals surface area (Å²) in [7, 11) is -1.49. The zero-order valence-corrected chi connectivity index (χ0v) is 6.92. The number of tetrazole rings is 1. The lowest BCUT2D eigenvalue weighted by Gasteiger charge is -2.04. The van der Waals surface area contributed by atoms with E-state index in [2.05, 4.69) is 15.5 Å². The van der Waals surface area contributed by atoms with Crippen LogP contribution in [-0.2, 0) is 0 Å². The fraction of sp³-hybridized carbons (Fsp3) is 0.167. The summed E-state index contributed by atoms with van der Waals surface area (Å²) in [5.41, 5.74) is 1.61. The van der Waals surface area contributed by atoms with Crippen molar-refractivity contribution in [2.75, 3.05) is 0 Å². The molecule has 0 unspecified atom stereocenters. The minimum Gasteiger partial charge on any atom is -0.423 e. The van der Waals surface area contributed by atoms with Crippen LogP contribution in [0.3, 0.4) is 0 Å². The van der Waals surface area contributed by atoms with Crippen LogP contribution in [0.15, 0.2) is 12.1 Å². The molecular formula is C6H7BN4O2. The Morgan fingerprint density at radius 3 is 2.85 bits per heavy atom. The standard InChI is InChI=1S/C6H7BN4O2/c1-4-5(7(12)13)2-3-6-8-9-10-11(4)6/h2-3,12-13H,1H3. The van der Waals surface area contributed by atoms with Gasteiger partial charge in [-0.15, -0.1) is 5.10 Å². The molecule has 0 bridgehead atoms. The van der Waals surface area contributed by atoms with Gasteiger partial charge in [0.05, 0.1) is 0 Å². The Bertz CT molecular complexity index is 441. The highest BCUT2D eigenvalue weighted by Crippen LogP contribution is 1.98. The van der Waals surface area contributed by atoms with Crippen LogP contribution in [-0.4, -0.2) is 37.2 Å². The topological polar surface area (TPSA) is 83.5 Å². The molecule has 0 aliphatic rings. The van der Waals surface area contributed by atoms with E-state index in [-0.39, 0.29) is 0 Å². The second-order valence-corrected chi connectivity index (χ2v) is 2.70. The third-order valence-electron chi connectivity index (χ3n) is 1.92. The maximum Gasteiger partial charge on any atom is 0.490 e.